The summed E-state index contributed by atoms with van der Waals surface area (Å²) in [5.74, 6) is 1.73. The van der Waals surface area contributed by atoms with Crippen molar-refractivity contribution in [1.82, 2.24) is 19.5 Å². The van der Waals surface area contributed by atoms with Gasteiger partial charge in [-0.3, -0.25) is 4.57 Å². The minimum Gasteiger partial charge on any atom is -0.455 e. The monoisotopic (exact) mass is 790 g/mol. The molecule has 0 atom stereocenters. The molecule has 0 saturated heterocycles. The summed E-state index contributed by atoms with van der Waals surface area (Å²) in [6, 6.07) is 72.7. The fourth-order valence-electron chi connectivity index (χ4n) is 9.52. The van der Waals surface area contributed by atoms with E-state index in [1.165, 1.54) is 10.8 Å². The molecule has 0 N–H and O–H groups in total. The van der Waals surface area contributed by atoms with E-state index in [9.17, 15) is 0 Å². The molecule has 3 aromatic heterocycles. The Morgan fingerprint density at radius 2 is 0.903 bits per heavy atom. The van der Waals surface area contributed by atoms with E-state index in [-0.39, 0.29) is 0 Å². The van der Waals surface area contributed by atoms with Crippen molar-refractivity contribution in [2.24, 2.45) is 0 Å². The molecule has 0 radical (unpaired) electrons. The summed E-state index contributed by atoms with van der Waals surface area (Å²) in [5, 5.41) is 11.3. The van der Waals surface area contributed by atoms with E-state index < -0.39 is 0 Å². The average molecular weight is 791 g/mol. The Hall–Kier alpha value is -8.41. The van der Waals surface area contributed by atoms with Crippen LogP contribution in [0.5, 0.6) is 0 Å². The van der Waals surface area contributed by atoms with E-state index in [1.807, 2.05) is 6.07 Å². The molecule has 0 saturated carbocycles. The van der Waals surface area contributed by atoms with Gasteiger partial charge in [0.15, 0.2) is 11.6 Å². The van der Waals surface area contributed by atoms with Gasteiger partial charge in [-0.1, -0.05) is 194 Å². The van der Waals surface area contributed by atoms with Gasteiger partial charge in [-0.05, 0) is 50.2 Å². The van der Waals surface area contributed by atoms with Crippen molar-refractivity contribution < 1.29 is 4.42 Å². The van der Waals surface area contributed by atoms with E-state index in [0.29, 0.717) is 17.6 Å². The van der Waals surface area contributed by atoms with Gasteiger partial charge in [0.2, 0.25) is 5.95 Å². The topological polar surface area (TPSA) is 56.7 Å². The highest BCUT2D eigenvalue weighted by Crippen LogP contribution is 2.45. The van der Waals surface area contributed by atoms with Crippen LogP contribution in [0.1, 0.15) is 0 Å². The third-order valence-electron chi connectivity index (χ3n) is 12.4. The maximum Gasteiger partial charge on any atom is 0.238 e. The summed E-state index contributed by atoms with van der Waals surface area (Å²) in [4.78, 5) is 16.1. The summed E-state index contributed by atoms with van der Waals surface area (Å²) in [6.07, 6.45) is 0. The van der Waals surface area contributed by atoms with Gasteiger partial charge < -0.3 is 4.42 Å². The van der Waals surface area contributed by atoms with Gasteiger partial charge in [-0.25, -0.2) is 4.98 Å². The SMILES string of the molecule is c1ccc(-c2ccc(-c3nc(-c4ccc5ccccc5c4)nc(-n4c5c(-c6cccc7c6oc6ccc8ccccc8c67)cccc5c5ccc6ccccc6c54)n3)cc2)cc1. The van der Waals surface area contributed by atoms with Crippen LogP contribution >= 0.6 is 0 Å². The minimum absolute atomic E-state index is 0.539. The number of aromatic nitrogens is 4. The van der Waals surface area contributed by atoms with Crippen LogP contribution < -0.4 is 0 Å². The fraction of sp³-hybridized carbons (Fsp3) is 0. The first-order valence-corrected chi connectivity index (χ1v) is 20.9. The molecule has 5 heteroatoms. The zero-order valence-electron chi connectivity index (χ0n) is 33.3. The third-order valence-corrected chi connectivity index (χ3v) is 12.4. The van der Waals surface area contributed by atoms with Gasteiger partial charge >= 0.3 is 0 Å². The largest absolute Gasteiger partial charge is 0.455 e. The van der Waals surface area contributed by atoms with Crippen LogP contribution in [0.2, 0.25) is 0 Å². The van der Waals surface area contributed by atoms with E-state index in [0.717, 1.165) is 98.7 Å². The molecule has 5 nitrogen and oxygen atoms in total. The second-order valence-corrected chi connectivity index (χ2v) is 16.0. The first-order valence-electron chi connectivity index (χ1n) is 20.9. The van der Waals surface area contributed by atoms with Gasteiger partial charge in [-0.15, -0.1) is 0 Å². The van der Waals surface area contributed by atoms with Crippen molar-refractivity contribution in [3.05, 3.63) is 206 Å². The predicted octanol–water partition coefficient (Wildman–Crippen LogP) is 15.0. The van der Waals surface area contributed by atoms with Gasteiger partial charge in [0.25, 0.3) is 0 Å². The van der Waals surface area contributed by atoms with Crippen molar-refractivity contribution in [2.45, 2.75) is 0 Å². The van der Waals surface area contributed by atoms with E-state index in [4.69, 9.17) is 19.4 Å². The first-order chi connectivity index (χ1) is 30.7. The Bertz CT molecular complexity index is 3920. The average Bonchev–Trinajstić information content (AvgIpc) is 3.91. The lowest BCUT2D eigenvalue weighted by atomic mass is 9.98. The Morgan fingerprint density at radius 1 is 0.339 bits per heavy atom. The summed E-state index contributed by atoms with van der Waals surface area (Å²) in [7, 11) is 0. The van der Waals surface area contributed by atoms with E-state index in [2.05, 4.69) is 205 Å². The van der Waals surface area contributed by atoms with Crippen molar-refractivity contribution in [2.75, 3.05) is 0 Å². The van der Waals surface area contributed by atoms with Crippen molar-refractivity contribution in [3.63, 3.8) is 0 Å². The lowest BCUT2D eigenvalue weighted by Gasteiger charge is -2.14. The summed E-state index contributed by atoms with van der Waals surface area (Å²) in [6.45, 7) is 0. The number of fused-ring (bicyclic) bond motifs is 11. The molecule has 13 rings (SSSR count). The minimum atomic E-state index is 0.539. The second-order valence-electron chi connectivity index (χ2n) is 16.0. The number of furan rings is 1. The van der Waals surface area contributed by atoms with Crippen LogP contribution in [-0.4, -0.2) is 19.5 Å². The predicted molar refractivity (Wildman–Crippen MR) is 256 cm³/mol. The molecule has 13 aromatic rings. The number of hydrogen-bond donors (Lipinski definition) is 0. The number of hydrogen-bond acceptors (Lipinski definition) is 4. The van der Waals surface area contributed by atoms with Gasteiger partial charge in [0.05, 0.1) is 11.0 Å². The lowest BCUT2D eigenvalue weighted by Crippen LogP contribution is -2.07. The molecule has 10 aromatic carbocycles. The molecule has 0 bridgehead atoms. The van der Waals surface area contributed by atoms with Gasteiger partial charge in [0.1, 0.15) is 11.2 Å². The molecule has 0 unspecified atom stereocenters. The Kier molecular flexibility index (Phi) is 7.54. The molecular formula is C57H34N4O. The first kappa shape index (κ1) is 34.5. The zero-order chi connectivity index (χ0) is 40.7. The van der Waals surface area contributed by atoms with Crippen LogP contribution in [-0.2, 0) is 0 Å². The molecule has 0 spiro atoms. The summed E-state index contributed by atoms with van der Waals surface area (Å²) < 4.78 is 9.14. The lowest BCUT2D eigenvalue weighted by molar-refractivity contribution is 0.670. The van der Waals surface area contributed by atoms with Gasteiger partial charge in [0, 0.05) is 49.2 Å². The Labute approximate surface area is 355 Å². The summed E-state index contributed by atoms with van der Waals surface area (Å²) in [5.41, 5.74) is 9.88. The number of nitrogens with zero attached hydrogens (tertiary/aromatic N) is 4. The normalized spacial score (nSPS) is 11.9. The molecule has 0 aliphatic carbocycles. The number of rotatable bonds is 5. The standard InChI is InChI=1S/C57H34N4O/c1-2-12-35(13-3-1)37-24-27-40(28-25-37)55-58-56(42-29-26-36-14-4-5-17-41(36)34-42)60-57(59-55)61-52-44-19-9-7-16-39(44)30-32-47(52)45-20-10-21-46(53(45)61)48-22-11-23-49-51-43-18-8-6-15-38(43)31-33-50(51)62-54(48)49/h1-34H. The highest BCUT2D eigenvalue weighted by atomic mass is 16.3. The molecule has 0 aliphatic heterocycles. The zero-order valence-corrected chi connectivity index (χ0v) is 33.3. The highest BCUT2D eigenvalue weighted by Gasteiger charge is 2.24. The maximum atomic E-state index is 6.87. The van der Waals surface area contributed by atoms with Crippen molar-refractivity contribution in [3.8, 4) is 51.0 Å². The molecule has 288 valence electrons. The Balaban J connectivity index is 1.12. The highest BCUT2D eigenvalue weighted by molar-refractivity contribution is 6.24. The van der Waals surface area contributed by atoms with Crippen LogP contribution in [0, 0.1) is 0 Å². The summed E-state index contributed by atoms with van der Waals surface area (Å²) >= 11 is 0. The van der Waals surface area contributed by atoms with Crippen LogP contribution in [0.15, 0.2) is 211 Å². The molecule has 0 fully saturated rings. The quantitative estimate of drug-likeness (QED) is 0.174. The molecule has 0 amide bonds. The maximum absolute atomic E-state index is 6.87. The number of para-hydroxylation sites is 2. The fourth-order valence-corrected chi connectivity index (χ4v) is 9.52. The Morgan fingerprint density at radius 3 is 1.73 bits per heavy atom. The van der Waals surface area contributed by atoms with Crippen LogP contribution in [0.25, 0.3) is 127 Å². The van der Waals surface area contributed by atoms with Crippen molar-refractivity contribution >= 4 is 76.1 Å². The van der Waals surface area contributed by atoms with E-state index >= 15 is 0 Å². The second kappa shape index (κ2) is 13.6. The van der Waals surface area contributed by atoms with Crippen LogP contribution in [0.4, 0.5) is 0 Å². The molecular weight excluding hydrogens is 757 g/mol. The number of benzene rings is 10. The van der Waals surface area contributed by atoms with Crippen molar-refractivity contribution in [1.29, 1.82) is 0 Å². The smallest absolute Gasteiger partial charge is 0.238 e. The van der Waals surface area contributed by atoms with Gasteiger partial charge in [-0.2, -0.15) is 9.97 Å². The molecule has 0 aliphatic rings. The van der Waals surface area contributed by atoms with E-state index in [1.54, 1.807) is 0 Å². The molecule has 3 heterocycles. The molecule has 62 heavy (non-hydrogen) atoms. The van der Waals surface area contributed by atoms with Crippen LogP contribution in [0.3, 0.4) is 0 Å². The third kappa shape index (κ3) is 5.32.